The second-order valence-corrected chi connectivity index (χ2v) is 6.19. The maximum atomic E-state index is 13.1. The van der Waals surface area contributed by atoms with Gasteiger partial charge in [0.05, 0.1) is 11.6 Å². The van der Waals surface area contributed by atoms with E-state index in [4.69, 9.17) is 0 Å². The summed E-state index contributed by atoms with van der Waals surface area (Å²) in [7, 11) is 0. The Morgan fingerprint density at radius 1 is 1.22 bits per heavy atom. The molecule has 0 radical (unpaired) electrons. The van der Waals surface area contributed by atoms with E-state index in [9.17, 15) is 4.79 Å². The van der Waals surface area contributed by atoms with Gasteiger partial charge in [-0.05, 0) is 37.5 Å². The Morgan fingerprint density at radius 3 is 2.87 bits per heavy atom. The molecule has 1 N–H and O–H groups in total. The van der Waals surface area contributed by atoms with Gasteiger partial charge in [0.25, 0.3) is 5.91 Å². The molecule has 1 unspecified atom stereocenters. The van der Waals surface area contributed by atoms with Crippen LogP contribution in [0.3, 0.4) is 0 Å². The maximum absolute atomic E-state index is 13.1. The van der Waals surface area contributed by atoms with Gasteiger partial charge in [-0.25, -0.2) is 0 Å². The van der Waals surface area contributed by atoms with E-state index in [0.29, 0.717) is 5.69 Å². The predicted octanol–water partition coefficient (Wildman–Crippen LogP) is 3.85. The zero-order chi connectivity index (χ0) is 15.8. The zero-order valence-electron chi connectivity index (χ0n) is 13.1. The quantitative estimate of drug-likeness (QED) is 0.782. The van der Waals surface area contributed by atoms with E-state index in [1.807, 2.05) is 48.2 Å². The van der Waals surface area contributed by atoms with Gasteiger partial charge in [-0.15, -0.1) is 0 Å². The number of likely N-dealkylation sites (tertiary alicyclic amines) is 1. The van der Waals surface area contributed by atoms with Crippen molar-refractivity contribution in [1.29, 1.82) is 0 Å². The molecule has 4 heteroatoms. The van der Waals surface area contributed by atoms with Gasteiger partial charge in [-0.3, -0.25) is 9.89 Å². The minimum absolute atomic E-state index is 0.0215. The summed E-state index contributed by atoms with van der Waals surface area (Å²) in [5.74, 6) is 0.0215. The largest absolute Gasteiger partial charge is 0.330 e. The molecular weight excluding hydrogens is 286 g/mol. The van der Waals surface area contributed by atoms with Crippen LogP contribution in [0.15, 0.2) is 48.5 Å². The Balaban J connectivity index is 1.71. The lowest BCUT2D eigenvalue weighted by Crippen LogP contribution is -2.31. The van der Waals surface area contributed by atoms with Gasteiger partial charge >= 0.3 is 0 Å². The average molecular weight is 305 g/mol. The third-order valence-corrected chi connectivity index (χ3v) is 4.62. The highest BCUT2D eigenvalue weighted by Crippen LogP contribution is 2.33. The first-order chi connectivity index (χ1) is 11.2. The fourth-order valence-corrected chi connectivity index (χ4v) is 3.46. The summed E-state index contributed by atoms with van der Waals surface area (Å²) in [6.07, 6.45) is 2.05. The van der Waals surface area contributed by atoms with Crippen LogP contribution in [0.2, 0.25) is 0 Å². The summed E-state index contributed by atoms with van der Waals surface area (Å²) in [6.45, 7) is 2.82. The first kappa shape index (κ1) is 14.0. The van der Waals surface area contributed by atoms with Crippen LogP contribution in [0.5, 0.6) is 0 Å². The molecule has 1 amide bonds. The molecule has 0 aliphatic carbocycles. The standard InChI is InChI=1S/C19H19N3O/c1-13-9-10-16-15(12-13)18(21-20-16)19(23)22-11-5-8-17(22)14-6-3-2-4-7-14/h2-4,6-7,9-10,12,17H,5,8,11H2,1H3,(H,20,21). The zero-order valence-corrected chi connectivity index (χ0v) is 13.1. The van der Waals surface area contributed by atoms with E-state index < -0.39 is 0 Å². The Labute approximate surface area is 135 Å². The van der Waals surface area contributed by atoms with E-state index in [2.05, 4.69) is 22.3 Å². The van der Waals surface area contributed by atoms with Crippen molar-refractivity contribution in [3.63, 3.8) is 0 Å². The topological polar surface area (TPSA) is 49.0 Å². The molecule has 1 atom stereocenters. The molecule has 0 bridgehead atoms. The number of rotatable bonds is 2. The summed E-state index contributed by atoms with van der Waals surface area (Å²) in [5, 5.41) is 8.18. The lowest BCUT2D eigenvalue weighted by atomic mass is 10.0. The number of carbonyl (C=O) groups excluding carboxylic acids is 1. The molecule has 3 aromatic rings. The Bertz CT molecular complexity index is 853. The van der Waals surface area contributed by atoms with Gasteiger partial charge in [-0.2, -0.15) is 5.10 Å². The minimum atomic E-state index is 0.0215. The Morgan fingerprint density at radius 2 is 2.04 bits per heavy atom. The van der Waals surface area contributed by atoms with Crippen molar-refractivity contribution in [1.82, 2.24) is 15.1 Å². The smallest absolute Gasteiger partial charge is 0.275 e. The number of nitrogens with zero attached hydrogens (tertiary/aromatic N) is 2. The number of carbonyl (C=O) groups is 1. The summed E-state index contributed by atoms with van der Waals surface area (Å²) in [4.78, 5) is 15.0. The molecule has 1 aliphatic rings. The number of hydrogen-bond donors (Lipinski definition) is 1. The lowest BCUT2D eigenvalue weighted by Gasteiger charge is -2.24. The van der Waals surface area contributed by atoms with Crippen LogP contribution in [-0.2, 0) is 0 Å². The number of hydrogen-bond acceptors (Lipinski definition) is 2. The fourth-order valence-electron chi connectivity index (χ4n) is 3.46. The van der Waals surface area contributed by atoms with E-state index in [-0.39, 0.29) is 11.9 Å². The highest BCUT2D eigenvalue weighted by Gasteiger charge is 2.32. The number of amides is 1. The number of H-pyrrole nitrogens is 1. The van der Waals surface area contributed by atoms with E-state index >= 15 is 0 Å². The molecule has 2 aromatic carbocycles. The maximum Gasteiger partial charge on any atom is 0.275 e. The summed E-state index contributed by atoms with van der Waals surface area (Å²) < 4.78 is 0. The molecule has 4 nitrogen and oxygen atoms in total. The van der Waals surface area contributed by atoms with Crippen molar-refractivity contribution >= 4 is 16.8 Å². The Hall–Kier alpha value is -2.62. The Kier molecular flexibility index (Phi) is 3.37. The molecule has 23 heavy (non-hydrogen) atoms. The van der Waals surface area contributed by atoms with Crippen molar-refractivity contribution in [2.45, 2.75) is 25.8 Å². The van der Waals surface area contributed by atoms with Crippen LogP contribution >= 0.6 is 0 Å². The van der Waals surface area contributed by atoms with Crippen molar-refractivity contribution < 1.29 is 4.79 Å². The molecule has 116 valence electrons. The van der Waals surface area contributed by atoms with Gasteiger partial charge < -0.3 is 4.90 Å². The van der Waals surface area contributed by atoms with E-state index in [1.165, 1.54) is 5.56 Å². The van der Waals surface area contributed by atoms with Crippen LogP contribution in [0, 0.1) is 6.92 Å². The highest BCUT2D eigenvalue weighted by molar-refractivity contribution is 6.05. The number of aryl methyl sites for hydroxylation is 1. The van der Waals surface area contributed by atoms with Gasteiger partial charge in [0.1, 0.15) is 0 Å². The van der Waals surface area contributed by atoms with Crippen LogP contribution in [0.25, 0.3) is 10.9 Å². The van der Waals surface area contributed by atoms with Crippen LogP contribution in [0.4, 0.5) is 0 Å². The summed E-state index contributed by atoms with van der Waals surface area (Å²) in [5.41, 5.74) is 3.78. The third-order valence-electron chi connectivity index (χ3n) is 4.62. The van der Waals surface area contributed by atoms with Gasteiger partial charge in [-0.1, -0.05) is 42.0 Å². The number of benzene rings is 2. The first-order valence-corrected chi connectivity index (χ1v) is 8.05. The normalized spacial score (nSPS) is 17.8. The van der Waals surface area contributed by atoms with Crippen molar-refractivity contribution in [3.05, 3.63) is 65.4 Å². The average Bonchev–Trinajstić information content (AvgIpc) is 3.21. The number of aromatic nitrogens is 2. The molecule has 4 rings (SSSR count). The minimum Gasteiger partial charge on any atom is -0.330 e. The molecule has 0 spiro atoms. The van der Waals surface area contributed by atoms with Gasteiger partial charge in [0, 0.05) is 11.9 Å². The molecule has 0 saturated carbocycles. The van der Waals surface area contributed by atoms with Crippen molar-refractivity contribution in [3.8, 4) is 0 Å². The second kappa shape index (κ2) is 5.54. The second-order valence-electron chi connectivity index (χ2n) is 6.19. The SMILES string of the molecule is Cc1ccc2[nH]nc(C(=O)N3CCCC3c3ccccc3)c2c1. The number of fused-ring (bicyclic) bond motifs is 1. The molecular formula is C19H19N3O. The third kappa shape index (κ3) is 2.40. The van der Waals surface area contributed by atoms with Crippen LogP contribution < -0.4 is 0 Å². The lowest BCUT2D eigenvalue weighted by molar-refractivity contribution is 0.0731. The van der Waals surface area contributed by atoms with Gasteiger partial charge in [0.2, 0.25) is 0 Å². The molecule has 1 aromatic heterocycles. The van der Waals surface area contributed by atoms with Crippen molar-refractivity contribution in [2.75, 3.05) is 6.54 Å². The summed E-state index contributed by atoms with van der Waals surface area (Å²) in [6, 6.07) is 16.5. The summed E-state index contributed by atoms with van der Waals surface area (Å²) >= 11 is 0. The number of aromatic amines is 1. The molecule has 1 aliphatic heterocycles. The fraction of sp³-hybridized carbons (Fsp3) is 0.263. The van der Waals surface area contributed by atoms with Crippen LogP contribution in [-0.4, -0.2) is 27.5 Å². The predicted molar refractivity (Wildman–Crippen MR) is 90.3 cm³/mol. The highest BCUT2D eigenvalue weighted by atomic mass is 16.2. The van der Waals surface area contributed by atoms with E-state index in [0.717, 1.165) is 35.9 Å². The monoisotopic (exact) mass is 305 g/mol. The first-order valence-electron chi connectivity index (χ1n) is 8.05. The molecule has 2 heterocycles. The van der Waals surface area contributed by atoms with E-state index in [1.54, 1.807) is 0 Å². The van der Waals surface area contributed by atoms with Crippen molar-refractivity contribution in [2.24, 2.45) is 0 Å². The molecule has 1 saturated heterocycles. The molecule has 1 fully saturated rings. The number of nitrogens with one attached hydrogen (secondary N) is 1. The van der Waals surface area contributed by atoms with Gasteiger partial charge in [0.15, 0.2) is 5.69 Å². The van der Waals surface area contributed by atoms with Crippen LogP contribution in [0.1, 0.15) is 40.5 Å².